The van der Waals surface area contributed by atoms with Crippen LogP contribution >= 0.6 is 38.8 Å². The quantitative estimate of drug-likeness (QED) is 0.171. The molecule has 20 heteroatoms. The van der Waals surface area contributed by atoms with Gasteiger partial charge in [0, 0.05) is 0 Å². The van der Waals surface area contributed by atoms with Crippen LogP contribution in [0.1, 0.15) is 53.4 Å². The van der Waals surface area contributed by atoms with Crippen LogP contribution in [0.25, 0.3) is 0 Å². The van der Waals surface area contributed by atoms with Gasteiger partial charge in [0.25, 0.3) is 0 Å². The van der Waals surface area contributed by atoms with Crippen LogP contribution < -0.4 is 0 Å². The molecule has 0 aromatic heterocycles. The Labute approximate surface area is 185 Å². The van der Waals surface area contributed by atoms with Crippen LogP contribution in [0.15, 0.2) is 22.6 Å². The summed E-state index contributed by atoms with van der Waals surface area (Å²) in [6, 6.07) is 0. The lowest BCUT2D eigenvalue weighted by molar-refractivity contribution is 0.309. The Bertz CT molecular complexity index is 891. The molecule has 1 aliphatic rings. The predicted octanol–water partition coefficient (Wildman–Crippen LogP) is 11.3. The first kappa shape index (κ1) is 30.6. The minimum atomic E-state index is -6.23. The highest BCUT2D eigenvalue weighted by Gasteiger charge is 2.41. The molecule has 0 radical (unpaired) electrons. The molecule has 0 aromatic carbocycles. The van der Waals surface area contributed by atoms with Crippen LogP contribution in [-0.4, -0.2) is 26.4 Å². The summed E-state index contributed by atoms with van der Waals surface area (Å²) in [6.45, 7) is 4.36. The summed E-state index contributed by atoms with van der Waals surface area (Å²) in [7, 11) is -27.9. The number of hydrogen-bond donors (Lipinski definition) is 0. The topological polar surface area (TPSA) is 98.7 Å². The van der Waals surface area contributed by atoms with Gasteiger partial charge in [-0.15, -0.1) is 31.0 Å². The second kappa shape index (κ2) is 13.0. The highest BCUT2D eigenvalue weighted by Crippen LogP contribution is 2.82. The highest BCUT2D eigenvalue weighted by molar-refractivity contribution is 7.78. The van der Waals surface area contributed by atoms with Crippen molar-refractivity contribution in [3.63, 3.8) is 0 Å². The molecule has 0 fully saturated rings. The Morgan fingerprint density at radius 1 is 0.438 bits per heavy atom. The molecule has 1 heterocycles. The van der Waals surface area contributed by atoms with E-state index in [1.165, 1.54) is 13.8 Å². The molecule has 0 N–H and O–H groups in total. The third-order valence-corrected chi connectivity index (χ3v) is 13.8. The number of rotatable bonds is 12. The Hall–Kier alpha value is 0.570. The molecular formula is C12H28F6N5O4P5. The summed E-state index contributed by atoms with van der Waals surface area (Å²) >= 11 is 0. The van der Waals surface area contributed by atoms with Crippen LogP contribution in [0.2, 0.25) is 0 Å². The molecule has 0 saturated heterocycles. The van der Waals surface area contributed by atoms with Crippen molar-refractivity contribution < 1.29 is 43.3 Å². The van der Waals surface area contributed by atoms with E-state index in [9.17, 15) is 8.39 Å². The highest BCUT2D eigenvalue weighted by atomic mass is 31.3. The molecule has 192 valence electrons. The standard InChI is InChI=1S/C12H28F6N5O4P5/c1-5-9-24-29(15)19-28(13,14)20-30(16,25-10-6-2)22-32(18,27-12-8-4)23-31(17,21-29)26-11-7-3/h5-12H2,1-4H3. The molecule has 0 amide bonds. The average Bonchev–Trinajstić information content (AvgIpc) is 2.65. The van der Waals surface area contributed by atoms with Crippen molar-refractivity contribution in [2.24, 2.45) is 22.6 Å². The summed E-state index contributed by atoms with van der Waals surface area (Å²) in [5, 5.41) is 0. The minimum absolute atomic E-state index is 0.136. The fraction of sp³-hybridized carbons (Fsp3) is 1.00. The van der Waals surface area contributed by atoms with Crippen LogP contribution in [0.5, 0.6) is 0 Å². The third-order valence-electron chi connectivity index (χ3n) is 2.94. The maximum Gasteiger partial charge on any atom is 0.425 e. The Kier molecular flexibility index (Phi) is 12.5. The van der Waals surface area contributed by atoms with Crippen LogP contribution in [0.3, 0.4) is 0 Å². The van der Waals surface area contributed by atoms with E-state index in [1.54, 1.807) is 13.8 Å². The minimum Gasteiger partial charge on any atom is -0.303 e. The van der Waals surface area contributed by atoms with E-state index < -0.39 is 65.2 Å². The van der Waals surface area contributed by atoms with Gasteiger partial charge in [-0.05, 0) is 25.7 Å². The molecule has 32 heavy (non-hydrogen) atoms. The van der Waals surface area contributed by atoms with Gasteiger partial charge in [0.1, 0.15) is 0 Å². The van der Waals surface area contributed by atoms with E-state index in [1.807, 2.05) is 0 Å². The van der Waals surface area contributed by atoms with E-state index >= 15 is 16.8 Å². The number of halogens is 6. The van der Waals surface area contributed by atoms with Crippen molar-refractivity contribution >= 4 is 38.8 Å². The molecule has 4 atom stereocenters. The first-order valence-corrected chi connectivity index (χ1v) is 17.2. The van der Waals surface area contributed by atoms with Crippen molar-refractivity contribution in [2.45, 2.75) is 53.4 Å². The van der Waals surface area contributed by atoms with E-state index in [0.717, 1.165) is 0 Å². The van der Waals surface area contributed by atoms with Crippen LogP contribution in [0.4, 0.5) is 25.2 Å². The Morgan fingerprint density at radius 2 is 0.688 bits per heavy atom. The lowest BCUT2D eigenvalue weighted by atomic mass is 10.5. The summed E-state index contributed by atoms with van der Waals surface area (Å²) in [5.41, 5.74) is 0. The largest absolute Gasteiger partial charge is 0.425 e. The molecule has 1 aliphatic heterocycles. The number of hydrogen-bond acceptors (Lipinski definition) is 9. The first-order valence-electron chi connectivity index (χ1n) is 9.73. The maximum absolute atomic E-state index is 15.6. The molecule has 0 bridgehead atoms. The van der Waals surface area contributed by atoms with E-state index in [4.69, 9.17) is 9.05 Å². The smallest absolute Gasteiger partial charge is 0.303 e. The summed E-state index contributed by atoms with van der Waals surface area (Å²) < 4.78 is 124. The zero-order chi connectivity index (χ0) is 24.5. The summed E-state index contributed by atoms with van der Waals surface area (Å²) in [4.78, 5) is 0. The number of nitrogens with zero attached hydrogens (tertiary/aromatic N) is 5. The maximum atomic E-state index is 15.6. The van der Waals surface area contributed by atoms with Crippen molar-refractivity contribution in [3.8, 4) is 0 Å². The van der Waals surface area contributed by atoms with E-state index in [0.29, 0.717) is 0 Å². The lowest BCUT2D eigenvalue weighted by Gasteiger charge is -2.21. The molecule has 9 nitrogen and oxygen atoms in total. The molecule has 0 spiro atoms. The molecular weight excluding hydrogens is 547 g/mol. The second-order valence-electron chi connectivity index (χ2n) is 6.13. The van der Waals surface area contributed by atoms with Crippen LogP contribution in [0, 0.1) is 0 Å². The van der Waals surface area contributed by atoms with Gasteiger partial charge >= 0.3 is 38.8 Å². The van der Waals surface area contributed by atoms with Gasteiger partial charge in [-0.3, -0.25) is 0 Å². The van der Waals surface area contributed by atoms with Gasteiger partial charge in [-0.2, -0.15) is 16.8 Å². The zero-order valence-corrected chi connectivity index (χ0v) is 22.5. The fourth-order valence-corrected chi connectivity index (χ4v) is 12.8. The van der Waals surface area contributed by atoms with Gasteiger partial charge in [0.2, 0.25) is 0 Å². The lowest BCUT2D eigenvalue weighted by Crippen LogP contribution is -1.93. The van der Waals surface area contributed by atoms with Crippen molar-refractivity contribution in [1.29, 1.82) is 0 Å². The SMILES string of the molecule is CCCOP1(F)=NP(F)(F)=NP(F)(OCCC)=NP(F)(OCCC)=NP(F)(OCCC)=N1. The molecule has 0 aliphatic carbocycles. The molecule has 0 saturated carbocycles. The second-order valence-corrected chi connectivity index (χ2v) is 15.4. The fourth-order valence-electron chi connectivity index (χ4n) is 1.80. The molecule has 1 rings (SSSR count). The Morgan fingerprint density at radius 3 is 0.969 bits per heavy atom. The average molecular weight is 575 g/mol. The zero-order valence-electron chi connectivity index (χ0n) is 18.0. The van der Waals surface area contributed by atoms with Gasteiger partial charge in [-0.1, -0.05) is 27.7 Å². The Balaban J connectivity index is 4.06. The normalized spacial score (nSPS) is 34.9. The van der Waals surface area contributed by atoms with Crippen molar-refractivity contribution in [2.75, 3.05) is 26.4 Å². The van der Waals surface area contributed by atoms with E-state index in [-0.39, 0.29) is 25.7 Å². The summed E-state index contributed by atoms with van der Waals surface area (Å²) in [6.07, 6.45) is 0.614. The first-order chi connectivity index (χ1) is 14.8. The summed E-state index contributed by atoms with van der Waals surface area (Å²) in [5.74, 6) is 0. The van der Waals surface area contributed by atoms with Gasteiger partial charge in [0.15, 0.2) is 0 Å². The molecule has 0 aromatic rings. The van der Waals surface area contributed by atoms with Gasteiger partial charge in [0.05, 0.1) is 26.4 Å². The van der Waals surface area contributed by atoms with Gasteiger partial charge in [-0.25, -0.2) is 0 Å². The third kappa shape index (κ3) is 10.5. The monoisotopic (exact) mass is 575 g/mol. The molecule has 4 unspecified atom stereocenters. The van der Waals surface area contributed by atoms with Crippen molar-refractivity contribution in [1.82, 2.24) is 0 Å². The van der Waals surface area contributed by atoms with E-state index in [2.05, 4.69) is 31.6 Å². The van der Waals surface area contributed by atoms with Crippen molar-refractivity contribution in [3.05, 3.63) is 0 Å². The van der Waals surface area contributed by atoms with Gasteiger partial charge < -0.3 is 18.1 Å². The van der Waals surface area contributed by atoms with Crippen LogP contribution in [-0.2, 0) is 18.1 Å². The predicted molar refractivity (Wildman–Crippen MR) is 118 cm³/mol.